The van der Waals surface area contributed by atoms with Crippen LogP contribution in [0.2, 0.25) is 5.02 Å². The SMILES string of the molecule is Cc1c(Oc2ccc(C#N)cc2Cl)cccc1[N+](=O)[O-]. The molecule has 20 heavy (non-hydrogen) atoms. The molecule has 5 nitrogen and oxygen atoms in total. The molecule has 2 rings (SSSR count). The van der Waals surface area contributed by atoms with Crippen LogP contribution in [-0.2, 0) is 0 Å². The van der Waals surface area contributed by atoms with Crippen molar-refractivity contribution in [2.24, 2.45) is 0 Å². The van der Waals surface area contributed by atoms with Gasteiger partial charge in [-0.2, -0.15) is 5.26 Å². The van der Waals surface area contributed by atoms with Crippen molar-refractivity contribution >= 4 is 17.3 Å². The number of halogens is 1. The topological polar surface area (TPSA) is 76.2 Å². The van der Waals surface area contributed by atoms with Gasteiger partial charge in [0, 0.05) is 6.07 Å². The van der Waals surface area contributed by atoms with Crippen molar-refractivity contribution in [3.05, 3.63) is 62.7 Å². The highest BCUT2D eigenvalue weighted by Gasteiger charge is 2.15. The van der Waals surface area contributed by atoms with Gasteiger partial charge in [-0.25, -0.2) is 0 Å². The minimum Gasteiger partial charge on any atom is -0.455 e. The third-order valence-electron chi connectivity index (χ3n) is 2.73. The number of hydrogen-bond acceptors (Lipinski definition) is 4. The molecule has 0 fully saturated rings. The predicted octanol–water partition coefficient (Wildman–Crippen LogP) is 4.22. The van der Waals surface area contributed by atoms with E-state index in [4.69, 9.17) is 21.6 Å². The Morgan fingerprint density at radius 2 is 2.05 bits per heavy atom. The molecule has 0 aliphatic carbocycles. The Bertz CT molecular complexity index is 723. The summed E-state index contributed by atoms with van der Waals surface area (Å²) in [5.74, 6) is 0.695. The van der Waals surface area contributed by atoms with E-state index in [-0.39, 0.29) is 10.7 Å². The van der Waals surface area contributed by atoms with Gasteiger partial charge in [0.15, 0.2) is 0 Å². The molecule has 0 aliphatic rings. The Hall–Kier alpha value is -2.58. The molecule has 0 saturated carbocycles. The Morgan fingerprint density at radius 1 is 1.30 bits per heavy atom. The summed E-state index contributed by atoms with van der Waals surface area (Å²) in [7, 11) is 0. The third kappa shape index (κ3) is 2.71. The van der Waals surface area contributed by atoms with E-state index in [9.17, 15) is 10.1 Å². The average molecular weight is 289 g/mol. The second-order valence-corrected chi connectivity index (χ2v) is 4.42. The van der Waals surface area contributed by atoms with Gasteiger partial charge in [0.2, 0.25) is 0 Å². The summed E-state index contributed by atoms with van der Waals surface area (Å²) >= 11 is 6.00. The Morgan fingerprint density at radius 3 is 2.65 bits per heavy atom. The number of benzene rings is 2. The van der Waals surface area contributed by atoms with Crippen LogP contribution in [0.3, 0.4) is 0 Å². The molecule has 0 aromatic heterocycles. The van der Waals surface area contributed by atoms with Crippen LogP contribution < -0.4 is 4.74 Å². The molecule has 0 N–H and O–H groups in total. The molecule has 0 spiro atoms. The molecule has 0 amide bonds. The Kier molecular flexibility index (Phi) is 3.87. The van der Waals surface area contributed by atoms with E-state index in [1.54, 1.807) is 25.1 Å². The highest BCUT2D eigenvalue weighted by Crippen LogP contribution is 2.34. The zero-order chi connectivity index (χ0) is 14.7. The molecule has 0 heterocycles. The standard InChI is InChI=1S/C14H9ClN2O3/c1-9-12(17(18)19)3-2-4-13(9)20-14-6-5-10(8-16)7-11(14)15/h2-7H,1H3. The van der Waals surface area contributed by atoms with E-state index in [0.717, 1.165) is 0 Å². The largest absolute Gasteiger partial charge is 0.455 e. The lowest BCUT2D eigenvalue weighted by atomic mass is 10.2. The summed E-state index contributed by atoms with van der Waals surface area (Å²) in [5, 5.41) is 19.9. The van der Waals surface area contributed by atoms with Gasteiger partial charge in [-0.3, -0.25) is 10.1 Å². The van der Waals surface area contributed by atoms with Gasteiger partial charge in [-0.15, -0.1) is 0 Å². The van der Waals surface area contributed by atoms with E-state index >= 15 is 0 Å². The summed E-state index contributed by atoms with van der Waals surface area (Å²) in [5.41, 5.74) is 0.809. The fourth-order valence-corrected chi connectivity index (χ4v) is 1.90. The molecule has 0 aliphatic heterocycles. The molecule has 2 aromatic rings. The van der Waals surface area contributed by atoms with E-state index in [1.165, 1.54) is 18.2 Å². The lowest BCUT2D eigenvalue weighted by molar-refractivity contribution is -0.385. The predicted molar refractivity (Wildman–Crippen MR) is 74.1 cm³/mol. The Balaban J connectivity index is 2.38. The van der Waals surface area contributed by atoms with Crippen molar-refractivity contribution in [2.45, 2.75) is 6.92 Å². The van der Waals surface area contributed by atoms with Gasteiger partial charge in [-0.05, 0) is 31.2 Å². The maximum Gasteiger partial charge on any atom is 0.276 e. The molecular weight excluding hydrogens is 280 g/mol. The molecule has 0 radical (unpaired) electrons. The molecule has 0 bridgehead atoms. The van der Waals surface area contributed by atoms with Gasteiger partial charge >= 0.3 is 0 Å². The smallest absolute Gasteiger partial charge is 0.276 e. The van der Waals surface area contributed by atoms with Gasteiger partial charge in [-0.1, -0.05) is 17.7 Å². The third-order valence-corrected chi connectivity index (χ3v) is 3.03. The van der Waals surface area contributed by atoms with Crippen molar-refractivity contribution in [2.75, 3.05) is 0 Å². The fourth-order valence-electron chi connectivity index (χ4n) is 1.68. The molecule has 2 aromatic carbocycles. The first-order valence-corrected chi connectivity index (χ1v) is 6.02. The minimum atomic E-state index is -0.470. The summed E-state index contributed by atoms with van der Waals surface area (Å²) in [6, 6.07) is 11.1. The first-order valence-electron chi connectivity index (χ1n) is 5.64. The number of nitriles is 1. The lowest BCUT2D eigenvalue weighted by Gasteiger charge is -2.10. The maximum absolute atomic E-state index is 10.9. The second-order valence-electron chi connectivity index (χ2n) is 4.02. The van der Waals surface area contributed by atoms with Crippen molar-refractivity contribution in [1.82, 2.24) is 0 Å². The highest BCUT2D eigenvalue weighted by atomic mass is 35.5. The normalized spacial score (nSPS) is 9.85. The summed E-state index contributed by atoms with van der Waals surface area (Å²) < 4.78 is 5.58. The van der Waals surface area contributed by atoms with Crippen LogP contribution in [0.25, 0.3) is 0 Å². The van der Waals surface area contributed by atoms with Crippen molar-refractivity contribution in [1.29, 1.82) is 5.26 Å². The van der Waals surface area contributed by atoms with Gasteiger partial charge in [0.1, 0.15) is 11.5 Å². The minimum absolute atomic E-state index is 0.0210. The summed E-state index contributed by atoms with van der Waals surface area (Å²) in [6.07, 6.45) is 0. The molecule has 0 saturated heterocycles. The molecule has 100 valence electrons. The van der Waals surface area contributed by atoms with Crippen LogP contribution in [0.15, 0.2) is 36.4 Å². The first kappa shape index (κ1) is 13.8. The maximum atomic E-state index is 10.9. The first-order chi connectivity index (χ1) is 9.52. The summed E-state index contributed by atoms with van der Waals surface area (Å²) in [6.45, 7) is 1.60. The quantitative estimate of drug-likeness (QED) is 0.626. The van der Waals surface area contributed by atoms with Crippen LogP contribution in [-0.4, -0.2) is 4.92 Å². The van der Waals surface area contributed by atoms with Gasteiger partial charge < -0.3 is 4.74 Å². The van der Waals surface area contributed by atoms with Crippen molar-refractivity contribution in [3.8, 4) is 17.6 Å². The zero-order valence-corrected chi connectivity index (χ0v) is 11.2. The van der Waals surface area contributed by atoms with E-state index in [0.29, 0.717) is 22.6 Å². The number of rotatable bonds is 3. The highest BCUT2D eigenvalue weighted by molar-refractivity contribution is 6.32. The Labute approximate surface area is 120 Å². The second kappa shape index (κ2) is 5.59. The molecular formula is C14H9ClN2O3. The van der Waals surface area contributed by atoms with E-state index in [1.807, 2.05) is 6.07 Å². The zero-order valence-electron chi connectivity index (χ0n) is 10.5. The number of ether oxygens (including phenoxy) is 1. The molecule has 0 atom stereocenters. The van der Waals surface area contributed by atoms with Crippen LogP contribution >= 0.6 is 11.6 Å². The number of nitrogens with zero attached hydrogens (tertiary/aromatic N) is 2. The summed E-state index contributed by atoms with van der Waals surface area (Å²) in [4.78, 5) is 10.4. The lowest BCUT2D eigenvalue weighted by Crippen LogP contribution is -1.95. The van der Waals surface area contributed by atoms with Crippen LogP contribution in [0, 0.1) is 28.4 Å². The molecule has 6 heteroatoms. The van der Waals surface area contributed by atoms with Crippen LogP contribution in [0.4, 0.5) is 5.69 Å². The fraction of sp³-hybridized carbons (Fsp3) is 0.0714. The number of nitro benzene ring substituents is 1. The average Bonchev–Trinajstić information content (AvgIpc) is 2.42. The van der Waals surface area contributed by atoms with Crippen LogP contribution in [0.1, 0.15) is 11.1 Å². The monoisotopic (exact) mass is 288 g/mol. The van der Waals surface area contributed by atoms with Crippen molar-refractivity contribution < 1.29 is 9.66 Å². The van der Waals surface area contributed by atoms with E-state index in [2.05, 4.69) is 0 Å². The van der Waals surface area contributed by atoms with Crippen LogP contribution in [0.5, 0.6) is 11.5 Å². The van der Waals surface area contributed by atoms with E-state index < -0.39 is 4.92 Å². The molecule has 0 unspecified atom stereocenters. The van der Waals surface area contributed by atoms with Crippen molar-refractivity contribution in [3.63, 3.8) is 0 Å². The number of nitro groups is 1. The van der Waals surface area contributed by atoms with Gasteiger partial charge in [0.25, 0.3) is 5.69 Å². The van der Waals surface area contributed by atoms with Gasteiger partial charge in [0.05, 0.1) is 27.1 Å². The number of hydrogen-bond donors (Lipinski definition) is 0.